The third-order valence-electron chi connectivity index (χ3n) is 7.35. The van der Waals surface area contributed by atoms with Gasteiger partial charge in [0.15, 0.2) is 6.10 Å². The number of esters is 2. The molecule has 0 unspecified atom stereocenters. The van der Waals surface area contributed by atoms with Crippen LogP contribution < -0.4 is 0 Å². The highest BCUT2D eigenvalue weighted by Crippen LogP contribution is 2.35. The number of ether oxygens (including phenoxy) is 2. The number of rotatable bonds is 31. The van der Waals surface area contributed by atoms with Crippen molar-refractivity contribution < 1.29 is 48.2 Å². The first kappa shape index (κ1) is 47.4. The van der Waals surface area contributed by atoms with E-state index in [1.807, 2.05) is 43.4 Å². The molecule has 50 heavy (non-hydrogen) atoms. The minimum Gasteiger partial charge on any atom is -0.462 e. The van der Waals surface area contributed by atoms with Crippen LogP contribution in [0.4, 0.5) is 0 Å². The summed E-state index contributed by atoms with van der Waals surface area (Å²) in [4.78, 5) is 42.6. The van der Waals surface area contributed by atoms with Crippen molar-refractivity contribution in [3.05, 3.63) is 72.9 Å². The zero-order valence-electron chi connectivity index (χ0n) is 30.7. The number of unbranched alkanes of at least 4 members (excludes halogenated alkanes) is 7. The number of allylic oxidation sites excluding steroid dienone is 8. The van der Waals surface area contributed by atoms with Crippen LogP contribution >= 0.6 is 7.82 Å². The summed E-state index contributed by atoms with van der Waals surface area (Å²) in [5, 5.41) is 19.9. The zero-order valence-corrected chi connectivity index (χ0v) is 31.5. The Morgan fingerprint density at radius 3 is 1.82 bits per heavy atom. The van der Waals surface area contributed by atoms with E-state index in [2.05, 4.69) is 18.4 Å². The molecule has 10 nitrogen and oxygen atoms in total. The first-order valence-electron chi connectivity index (χ1n) is 18.3. The van der Waals surface area contributed by atoms with Gasteiger partial charge in [-0.1, -0.05) is 145 Å². The SMILES string of the molecule is CC/C=C\C[C@H](O)/C=C/C=C\C=C\[C@H](O)C/C=C\C/C=C\CCC(=O)O[C@H](COC(=O)CCCCCCCCCCC(C)C)COP(=O)(O)O. The summed E-state index contributed by atoms with van der Waals surface area (Å²) < 4.78 is 26.1. The second-order valence-electron chi connectivity index (χ2n) is 12.7. The lowest BCUT2D eigenvalue weighted by Crippen LogP contribution is -2.29. The highest BCUT2D eigenvalue weighted by atomic mass is 31.2. The van der Waals surface area contributed by atoms with Crippen molar-refractivity contribution in [2.75, 3.05) is 13.2 Å². The largest absolute Gasteiger partial charge is 0.469 e. The maximum atomic E-state index is 12.3. The van der Waals surface area contributed by atoms with Gasteiger partial charge in [0.2, 0.25) is 0 Å². The van der Waals surface area contributed by atoms with E-state index in [0.29, 0.717) is 32.1 Å². The Morgan fingerprint density at radius 1 is 0.680 bits per heavy atom. The van der Waals surface area contributed by atoms with Gasteiger partial charge >= 0.3 is 19.8 Å². The maximum absolute atomic E-state index is 12.3. The molecule has 0 aliphatic heterocycles. The first-order chi connectivity index (χ1) is 23.9. The third kappa shape index (κ3) is 35.2. The van der Waals surface area contributed by atoms with Crippen LogP contribution in [0.1, 0.15) is 124 Å². The summed E-state index contributed by atoms with van der Waals surface area (Å²) in [7, 11) is -4.80. The van der Waals surface area contributed by atoms with Gasteiger partial charge < -0.3 is 29.5 Å². The van der Waals surface area contributed by atoms with E-state index in [1.165, 1.54) is 32.1 Å². The second kappa shape index (κ2) is 32.3. The third-order valence-corrected chi connectivity index (χ3v) is 7.83. The van der Waals surface area contributed by atoms with Crippen LogP contribution in [0.25, 0.3) is 0 Å². The van der Waals surface area contributed by atoms with E-state index in [-0.39, 0.29) is 19.4 Å². The van der Waals surface area contributed by atoms with Crippen molar-refractivity contribution in [2.24, 2.45) is 5.92 Å². The van der Waals surface area contributed by atoms with Crippen LogP contribution in [0.3, 0.4) is 0 Å². The Kier molecular flexibility index (Phi) is 30.7. The lowest BCUT2D eigenvalue weighted by Gasteiger charge is -2.18. The van der Waals surface area contributed by atoms with Gasteiger partial charge in [-0.3, -0.25) is 14.1 Å². The number of aliphatic hydroxyl groups is 2. The van der Waals surface area contributed by atoms with Gasteiger partial charge in [0, 0.05) is 12.8 Å². The van der Waals surface area contributed by atoms with Gasteiger partial charge in [-0.25, -0.2) is 4.57 Å². The fourth-order valence-electron chi connectivity index (χ4n) is 4.58. The van der Waals surface area contributed by atoms with E-state index in [4.69, 9.17) is 19.3 Å². The van der Waals surface area contributed by atoms with Gasteiger partial charge in [0.05, 0.1) is 18.8 Å². The summed E-state index contributed by atoms with van der Waals surface area (Å²) in [5.41, 5.74) is 0. The van der Waals surface area contributed by atoms with Crippen molar-refractivity contribution in [3.8, 4) is 0 Å². The average molecular weight is 725 g/mol. The van der Waals surface area contributed by atoms with E-state index in [9.17, 15) is 24.4 Å². The Morgan fingerprint density at radius 2 is 1.24 bits per heavy atom. The Bertz CT molecular complexity index is 1090. The molecule has 0 aliphatic rings. The van der Waals surface area contributed by atoms with Gasteiger partial charge in [-0.05, 0) is 44.4 Å². The van der Waals surface area contributed by atoms with Crippen molar-refractivity contribution >= 4 is 19.8 Å². The number of carbonyl (C=O) groups is 2. The van der Waals surface area contributed by atoms with Crippen LogP contribution in [0, 0.1) is 5.92 Å². The lowest BCUT2D eigenvalue weighted by molar-refractivity contribution is -0.161. The molecule has 0 aromatic rings. The molecule has 0 bridgehead atoms. The average Bonchev–Trinajstić information content (AvgIpc) is 3.05. The predicted molar refractivity (Wildman–Crippen MR) is 200 cm³/mol. The molecule has 0 heterocycles. The monoisotopic (exact) mass is 724 g/mol. The summed E-state index contributed by atoms with van der Waals surface area (Å²) in [6.07, 6.45) is 32.9. The number of phosphoric acid groups is 1. The van der Waals surface area contributed by atoms with E-state index in [1.54, 1.807) is 36.5 Å². The summed E-state index contributed by atoms with van der Waals surface area (Å²) >= 11 is 0. The van der Waals surface area contributed by atoms with Crippen LogP contribution in [0.15, 0.2) is 72.9 Å². The molecule has 0 spiro atoms. The molecule has 4 N–H and O–H groups in total. The highest BCUT2D eigenvalue weighted by Gasteiger charge is 2.22. The van der Waals surface area contributed by atoms with E-state index in [0.717, 1.165) is 31.6 Å². The van der Waals surface area contributed by atoms with Crippen molar-refractivity contribution in [1.82, 2.24) is 0 Å². The second-order valence-corrected chi connectivity index (χ2v) is 13.9. The van der Waals surface area contributed by atoms with E-state index >= 15 is 0 Å². The number of hydrogen-bond acceptors (Lipinski definition) is 8. The minimum atomic E-state index is -4.80. The summed E-state index contributed by atoms with van der Waals surface area (Å²) in [6.45, 7) is 5.58. The van der Waals surface area contributed by atoms with Crippen LogP contribution in [-0.4, -0.2) is 63.5 Å². The summed E-state index contributed by atoms with van der Waals surface area (Å²) in [6, 6.07) is 0. The van der Waals surface area contributed by atoms with Gasteiger partial charge in [-0.15, -0.1) is 0 Å². The van der Waals surface area contributed by atoms with Crippen molar-refractivity contribution in [2.45, 2.75) is 142 Å². The Labute approximate surface area is 301 Å². The molecule has 286 valence electrons. The molecule has 3 atom stereocenters. The molecule has 0 amide bonds. The Hall–Kier alpha value is -2.59. The molecule has 0 fully saturated rings. The minimum absolute atomic E-state index is 0.0272. The fraction of sp³-hybridized carbons (Fsp3) is 0.641. The van der Waals surface area contributed by atoms with Gasteiger partial charge in [-0.2, -0.15) is 0 Å². The summed E-state index contributed by atoms with van der Waals surface area (Å²) in [5.74, 6) is -0.304. The molecule has 0 saturated carbocycles. The topological polar surface area (TPSA) is 160 Å². The Balaban J connectivity index is 4.29. The standard InChI is InChI=1S/C39H65O10P/c1-4-5-18-26-35(40)28-21-16-17-22-29-36(41)27-20-13-10-11-15-24-31-39(43)49-37(33-48-50(44,45)46)32-47-38(42)30-23-14-9-7-6-8-12-19-25-34(2)3/h5,11,13,15-18,20-22,28-29,34-37,40-41H,4,6-10,12,14,19,23-27,30-33H2,1-3H3,(H2,44,45,46)/b15-11-,17-16-,18-5-,20-13-,28-21+,29-22+/t35-,36+,37+/m0/s1. The van der Waals surface area contributed by atoms with Crippen LogP contribution in [0.2, 0.25) is 0 Å². The highest BCUT2D eigenvalue weighted by molar-refractivity contribution is 7.46. The van der Waals surface area contributed by atoms with Crippen molar-refractivity contribution in [3.63, 3.8) is 0 Å². The fourth-order valence-corrected chi connectivity index (χ4v) is 4.94. The molecular formula is C39H65O10P. The maximum Gasteiger partial charge on any atom is 0.469 e. The van der Waals surface area contributed by atoms with Crippen molar-refractivity contribution in [1.29, 1.82) is 0 Å². The molecule has 11 heteroatoms. The number of carbonyl (C=O) groups excluding carboxylic acids is 2. The molecule has 0 saturated heterocycles. The molecule has 0 radical (unpaired) electrons. The molecular weight excluding hydrogens is 659 g/mol. The van der Waals surface area contributed by atoms with Gasteiger partial charge in [0.1, 0.15) is 6.61 Å². The number of hydrogen-bond donors (Lipinski definition) is 4. The predicted octanol–water partition coefficient (Wildman–Crippen LogP) is 8.53. The van der Waals surface area contributed by atoms with Crippen LogP contribution in [-0.2, 0) is 28.2 Å². The smallest absolute Gasteiger partial charge is 0.462 e. The quantitative estimate of drug-likeness (QED) is 0.0179. The normalized spacial score (nSPS) is 14.7. The van der Waals surface area contributed by atoms with Gasteiger partial charge in [0.25, 0.3) is 0 Å². The number of aliphatic hydroxyl groups excluding tert-OH is 2. The van der Waals surface area contributed by atoms with Crippen LogP contribution in [0.5, 0.6) is 0 Å². The molecule has 0 aliphatic carbocycles. The molecule has 0 aromatic carbocycles. The van der Waals surface area contributed by atoms with E-state index < -0.39 is 44.7 Å². The lowest BCUT2D eigenvalue weighted by atomic mass is 10.0. The first-order valence-corrected chi connectivity index (χ1v) is 19.8. The number of phosphoric ester groups is 1. The molecule has 0 aromatic heterocycles. The molecule has 0 rings (SSSR count). The zero-order chi connectivity index (χ0) is 37.3.